The fraction of sp³-hybridized carbons (Fsp3) is 0.320. The van der Waals surface area contributed by atoms with E-state index in [4.69, 9.17) is 4.52 Å². The van der Waals surface area contributed by atoms with Crippen LogP contribution in [0.1, 0.15) is 43.0 Å². The molecular formula is C25H24F2N6O2. The number of halogens is 2. The molecule has 0 atom stereocenters. The molecule has 1 amide bonds. The highest BCUT2D eigenvalue weighted by Crippen LogP contribution is 2.27. The van der Waals surface area contributed by atoms with Crippen LogP contribution in [0.4, 0.5) is 14.5 Å². The summed E-state index contributed by atoms with van der Waals surface area (Å²) >= 11 is 0. The van der Waals surface area contributed by atoms with Gasteiger partial charge in [0.15, 0.2) is 5.82 Å². The van der Waals surface area contributed by atoms with Gasteiger partial charge < -0.3 is 14.4 Å². The molecule has 0 bridgehead atoms. The van der Waals surface area contributed by atoms with Gasteiger partial charge in [-0.3, -0.25) is 4.79 Å². The maximum atomic E-state index is 14.5. The molecule has 2 aromatic heterocycles. The van der Waals surface area contributed by atoms with Gasteiger partial charge in [-0.2, -0.15) is 4.98 Å². The molecule has 8 nitrogen and oxygen atoms in total. The summed E-state index contributed by atoms with van der Waals surface area (Å²) in [6.45, 7) is 2.48. The molecule has 0 spiro atoms. The summed E-state index contributed by atoms with van der Waals surface area (Å²) in [6, 6.07) is 9.19. The molecule has 180 valence electrons. The average Bonchev–Trinajstić information content (AvgIpc) is 3.42. The third-order valence-corrected chi connectivity index (χ3v) is 6.07. The van der Waals surface area contributed by atoms with E-state index in [1.165, 1.54) is 12.1 Å². The fourth-order valence-corrected chi connectivity index (χ4v) is 4.10. The summed E-state index contributed by atoms with van der Waals surface area (Å²) in [5, 5.41) is 15.1. The highest BCUT2D eigenvalue weighted by Gasteiger charge is 2.18. The van der Waals surface area contributed by atoms with Gasteiger partial charge in [0.1, 0.15) is 17.5 Å². The lowest BCUT2D eigenvalue weighted by molar-refractivity contribution is -0.116. The van der Waals surface area contributed by atoms with E-state index in [9.17, 15) is 13.6 Å². The predicted molar refractivity (Wildman–Crippen MR) is 124 cm³/mol. The van der Waals surface area contributed by atoms with Crippen LogP contribution in [-0.4, -0.2) is 30.8 Å². The lowest BCUT2D eigenvalue weighted by atomic mass is 10.1. The number of fused-ring (bicyclic) bond motifs is 1. The van der Waals surface area contributed by atoms with Gasteiger partial charge in [-0.25, -0.2) is 8.78 Å². The van der Waals surface area contributed by atoms with Crippen LogP contribution in [0.25, 0.3) is 22.8 Å². The maximum absolute atomic E-state index is 14.5. The number of rotatable bonds is 6. The summed E-state index contributed by atoms with van der Waals surface area (Å²) in [6.07, 6.45) is 4.29. The van der Waals surface area contributed by atoms with Gasteiger partial charge in [-0.1, -0.05) is 23.7 Å². The standard InChI is InChI=1S/C25H24F2N6O2/c1-15-6-7-16(13-19(15)27)24-29-23(35-32-24)11-10-22(34)28-20-14-17(8-9-18(20)26)25-31-30-21-5-3-2-4-12-33(21)25/h6-9,13-14H,2-5,10-12H2,1H3,(H,28,34). The molecule has 1 aliphatic heterocycles. The normalized spacial score (nSPS) is 13.3. The van der Waals surface area contributed by atoms with Gasteiger partial charge in [0.2, 0.25) is 17.6 Å². The number of aryl methyl sites for hydroxylation is 3. The molecule has 0 aliphatic carbocycles. The molecular weight excluding hydrogens is 454 g/mol. The number of hydrogen-bond acceptors (Lipinski definition) is 6. The number of nitrogens with one attached hydrogen (secondary N) is 1. The second-order valence-corrected chi connectivity index (χ2v) is 8.62. The Morgan fingerprint density at radius 2 is 1.91 bits per heavy atom. The molecule has 0 fully saturated rings. The van der Waals surface area contributed by atoms with E-state index in [1.54, 1.807) is 31.2 Å². The minimum Gasteiger partial charge on any atom is -0.339 e. The van der Waals surface area contributed by atoms with Gasteiger partial charge in [0.05, 0.1) is 5.69 Å². The molecule has 3 heterocycles. The van der Waals surface area contributed by atoms with Crippen LogP contribution in [-0.2, 0) is 24.2 Å². The van der Waals surface area contributed by atoms with E-state index >= 15 is 0 Å². The third kappa shape index (κ3) is 4.96. The van der Waals surface area contributed by atoms with Crippen molar-refractivity contribution in [2.45, 2.75) is 52.0 Å². The van der Waals surface area contributed by atoms with Crippen molar-refractivity contribution in [1.82, 2.24) is 24.9 Å². The van der Waals surface area contributed by atoms with Gasteiger partial charge in [-0.05, 0) is 49.6 Å². The minimum absolute atomic E-state index is 0.00783. The van der Waals surface area contributed by atoms with Crippen molar-refractivity contribution in [3.05, 3.63) is 65.3 Å². The van der Waals surface area contributed by atoms with Crippen LogP contribution < -0.4 is 5.32 Å². The van der Waals surface area contributed by atoms with Crippen LogP contribution in [0.3, 0.4) is 0 Å². The second-order valence-electron chi connectivity index (χ2n) is 8.62. The smallest absolute Gasteiger partial charge is 0.227 e. The van der Waals surface area contributed by atoms with Crippen molar-refractivity contribution in [3.63, 3.8) is 0 Å². The third-order valence-electron chi connectivity index (χ3n) is 6.07. The van der Waals surface area contributed by atoms with Crippen molar-refractivity contribution in [2.24, 2.45) is 0 Å². The van der Waals surface area contributed by atoms with Crippen molar-refractivity contribution < 1.29 is 18.1 Å². The molecule has 35 heavy (non-hydrogen) atoms. The molecule has 1 aliphatic rings. The maximum Gasteiger partial charge on any atom is 0.227 e. The topological polar surface area (TPSA) is 98.7 Å². The molecule has 0 radical (unpaired) electrons. The van der Waals surface area contributed by atoms with Crippen molar-refractivity contribution in [3.8, 4) is 22.8 Å². The summed E-state index contributed by atoms with van der Waals surface area (Å²) in [4.78, 5) is 16.8. The zero-order chi connectivity index (χ0) is 24.4. The van der Waals surface area contributed by atoms with Crippen molar-refractivity contribution in [2.75, 3.05) is 5.32 Å². The first kappa shape index (κ1) is 22.8. The van der Waals surface area contributed by atoms with E-state index in [2.05, 4.69) is 30.2 Å². The Kier molecular flexibility index (Phi) is 6.35. The van der Waals surface area contributed by atoms with Crippen LogP contribution in [0.15, 0.2) is 40.9 Å². The molecule has 0 saturated heterocycles. The first-order chi connectivity index (χ1) is 17.0. The number of hydrogen-bond donors (Lipinski definition) is 1. The van der Waals surface area contributed by atoms with E-state index < -0.39 is 11.7 Å². The predicted octanol–water partition coefficient (Wildman–Crippen LogP) is 4.88. The fourth-order valence-electron chi connectivity index (χ4n) is 4.10. The lowest BCUT2D eigenvalue weighted by Gasteiger charge is -2.10. The first-order valence-corrected chi connectivity index (χ1v) is 11.6. The highest BCUT2D eigenvalue weighted by atomic mass is 19.1. The molecule has 2 aromatic carbocycles. The second kappa shape index (κ2) is 9.73. The number of amides is 1. The molecule has 4 aromatic rings. The Bertz CT molecular complexity index is 1380. The first-order valence-electron chi connectivity index (χ1n) is 11.6. The largest absolute Gasteiger partial charge is 0.339 e. The van der Waals surface area contributed by atoms with E-state index in [-0.39, 0.29) is 36.1 Å². The van der Waals surface area contributed by atoms with Gasteiger partial charge in [-0.15, -0.1) is 10.2 Å². The molecule has 5 rings (SSSR count). The van der Waals surface area contributed by atoms with Gasteiger partial charge >= 0.3 is 0 Å². The number of aromatic nitrogens is 5. The Labute approximate surface area is 200 Å². The summed E-state index contributed by atoms with van der Waals surface area (Å²) in [5.41, 5.74) is 1.76. The van der Waals surface area contributed by atoms with Crippen molar-refractivity contribution >= 4 is 11.6 Å². The summed E-state index contributed by atoms with van der Waals surface area (Å²) in [7, 11) is 0. The lowest BCUT2D eigenvalue weighted by Crippen LogP contribution is -2.14. The number of carbonyl (C=O) groups excluding carboxylic acids is 1. The average molecular weight is 479 g/mol. The monoisotopic (exact) mass is 478 g/mol. The Morgan fingerprint density at radius 1 is 1.06 bits per heavy atom. The molecule has 0 saturated carbocycles. The Morgan fingerprint density at radius 3 is 2.77 bits per heavy atom. The summed E-state index contributed by atoms with van der Waals surface area (Å²) in [5.74, 6) is 0.770. The Balaban J connectivity index is 1.25. The summed E-state index contributed by atoms with van der Waals surface area (Å²) < 4.78 is 35.5. The van der Waals surface area contributed by atoms with Crippen LogP contribution in [0.5, 0.6) is 0 Å². The van der Waals surface area contributed by atoms with E-state index in [1.807, 2.05) is 0 Å². The highest BCUT2D eigenvalue weighted by molar-refractivity contribution is 5.91. The van der Waals surface area contributed by atoms with Crippen molar-refractivity contribution in [1.29, 1.82) is 0 Å². The van der Waals surface area contributed by atoms with E-state index in [0.29, 0.717) is 22.5 Å². The van der Waals surface area contributed by atoms with Gasteiger partial charge in [0, 0.05) is 36.9 Å². The van der Waals surface area contributed by atoms with Crippen LogP contribution in [0, 0.1) is 18.6 Å². The van der Waals surface area contributed by atoms with Crippen LogP contribution >= 0.6 is 0 Å². The number of carbonyl (C=O) groups is 1. The zero-order valence-electron chi connectivity index (χ0n) is 19.2. The Hall–Kier alpha value is -3.95. The number of nitrogens with zero attached hydrogens (tertiary/aromatic N) is 5. The number of benzene rings is 2. The van der Waals surface area contributed by atoms with E-state index in [0.717, 1.165) is 38.1 Å². The molecule has 0 unspecified atom stereocenters. The molecule has 1 N–H and O–H groups in total. The number of anilines is 1. The SMILES string of the molecule is Cc1ccc(-c2noc(CCC(=O)Nc3cc(-c4nnc5n4CCCCC5)ccc3F)n2)cc1F. The minimum atomic E-state index is -0.542. The van der Waals surface area contributed by atoms with Crippen LogP contribution in [0.2, 0.25) is 0 Å². The van der Waals surface area contributed by atoms with Gasteiger partial charge in [0.25, 0.3) is 0 Å². The zero-order valence-corrected chi connectivity index (χ0v) is 19.2. The molecule has 10 heteroatoms. The quantitative estimate of drug-likeness (QED) is 0.424.